The molecule has 194 valence electrons. The number of fused-ring (bicyclic) bond motifs is 1. The Balaban J connectivity index is 1.36. The van der Waals surface area contributed by atoms with Gasteiger partial charge in [0.25, 0.3) is 5.91 Å². The fourth-order valence-electron chi connectivity index (χ4n) is 4.81. The van der Waals surface area contributed by atoms with Crippen molar-refractivity contribution in [3.8, 4) is 11.3 Å². The largest absolute Gasteiger partial charge is 0.454 e. The normalized spacial score (nSPS) is 15.7. The van der Waals surface area contributed by atoms with Crippen LogP contribution < -0.4 is 10.6 Å². The minimum atomic E-state index is -0.424. The molecule has 2 aliphatic carbocycles. The Labute approximate surface area is 224 Å². The number of allylic oxidation sites excluding steroid dienone is 5. The summed E-state index contributed by atoms with van der Waals surface area (Å²) in [5.41, 5.74) is 3.69. The van der Waals surface area contributed by atoms with E-state index in [0.29, 0.717) is 45.5 Å². The lowest BCUT2D eigenvalue weighted by atomic mass is 10.0. The molecule has 39 heavy (non-hydrogen) atoms. The number of hydrogen-bond acceptors (Lipinski definition) is 5. The molecule has 0 spiro atoms. The molecule has 2 N–H and O–H groups in total. The highest BCUT2D eigenvalue weighted by molar-refractivity contribution is 6.11. The van der Waals surface area contributed by atoms with E-state index in [1.165, 1.54) is 12.1 Å². The van der Waals surface area contributed by atoms with E-state index in [1.807, 2.05) is 42.5 Å². The van der Waals surface area contributed by atoms with Gasteiger partial charge in [-0.15, -0.1) is 0 Å². The number of furan rings is 1. The summed E-state index contributed by atoms with van der Waals surface area (Å²) in [4.78, 5) is 35.3. The van der Waals surface area contributed by atoms with Gasteiger partial charge in [0.2, 0.25) is 5.91 Å². The van der Waals surface area contributed by atoms with E-state index >= 15 is 0 Å². The maximum absolute atomic E-state index is 13.5. The Kier molecular flexibility index (Phi) is 6.15. The Morgan fingerprint density at radius 1 is 1.05 bits per heavy atom. The van der Waals surface area contributed by atoms with Gasteiger partial charge in [0.05, 0.1) is 28.7 Å². The van der Waals surface area contributed by atoms with Crippen molar-refractivity contribution in [1.29, 1.82) is 0 Å². The summed E-state index contributed by atoms with van der Waals surface area (Å²) in [6.45, 7) is 0. The predicted octanol–water partition coefficient (Wildman–Crippen LogP) is 5.46. The van der Waals surface area contributed by atoms with Crippen LogP contribution in [0.25, 0.3) is 27.9 Å². The van der Waals surface area contributed by atoms with Crippen LogP contribution in [-0.4, -0.2) is 28.8 Å². The number of hydrogen-bond donors (Lipinski definition) is 2. The molecule has 0 saturated heterocycles. The molecule has 2 amide bonds. The van der Waals surface area contributed by atoms with Crippen LogP contribution in [0, 0.1) is 5.82 Å². The minimum Gasteiger partial charge on any atom is -0.454 e. The molecule has 3 heterocycles. The van der Waals surface area contributed by atoms with E-state index in [2.05, 4.69) is 20.6 Å². The number of pyridine rings is 2. The SMILES string of the molecule is CNC(=O)c1c(-c2ccc(F)cc2)oc2cnc(C3=CC=CCC(C(=O)NC4(c5ccccn5)CC4)=C3)cc12. The Morgan fingerprint density at radius 3 is 2.59 bits per heavy atom. The van der Waals surface area contributed by atoms with E-state index < -0.39 is 5.54 Å². The topological polar surface area (TPSA) is 97.1 Å². The molecule has 0 unspecified atom stereocenters. The average Bonchev–Trinajstić information content (AvgIpc) is 3.71. The first-order chi connectivity index (χ1) is 19.0. The molecular weight excluding hydrogens is 495 g/mol. The fraction of sp³-hybridized carbons (Fsp3) is 0.161. The first-order valence-electron chi connectivity index (χ1n) is 12.7. The predicted molar refractivity (Wildman–Crippen MR) is 146 cm³/mol. The highest BCUT2D eigenvalue weighted by atomic mass is 19.1. The molecule has 0 atom stereocenters. The second-order valence-corrected chi connectivity index (χ2v) is 9.63. The molecule has 0 aliphatic heterocycles. The zero-order valence-electron chi connectivity index (χ0n) is 21.2. The summed E-state index contributed by atoms with van der Waals surface area (Å²) in [5.74, 6) is -0.532. The van der Waals surface area contributed by atoms with Gasteiger partial charge in [-0.2, -0.15) is 0 Å². The van der Waals surface area contributed by atoms with Gasteiger partial charge >= 0.3 is 0 Å². The fourth-order valence-corrected chi connectivity index (χ4v) is 4.81. The number of carbonyl (C=O) groups is 2. The zero-order valence-corrected chi connectivity index (χ0v) is 21.2. The van der Waals surface area contributed by atoms with Crippen LogP contribution in [0.15, 0.2) is 95.2 Å². The Hall–Kier alpha value is -4.85. The first kappa shape index (κ1) is 24.5. The van der Waals surface area contributed by atoms with E-state index in [9.17, 15) is 14.0 Å². The van der Waals surface area contributed by atoms with Gasteiger partial charge < -0.3 is 15.1 Å². The van der Waals surface area contributed by atoms with Gasteiger partial charge in [-0.3, -0.25) is 19.6 Å². The smallest absolute Gasteiger partial charge is 0.255 e. The lowest BCUT2D eigenvalue weighted by molar-refractivity contribution is -0.118. The number of aromatic nitrogens is 2. The molecule has 7 nitrogen and oxygen atoms in total. The number of amides is 2. The van der Waals surface area contributed by atoms with Crippen molar-refractivity contribution >= 4 is 28.4 Å². The number of nitrogens with one attached hydrogen (secondary N) is 2. The van der Waals surface area contributed by atoms with Crippen LogP contribution in [0.4, 0.5) is 4.39 Å². The van der Waals surface area contributed by atoms with Crippen LogP contribution >= 0.6 is 0 Å². The van der Waals surface area contributed by atoms with Crippen LogP contribution in [0.1, 0.15) is 41.0 Å². The molecule has 6 rings (SSSR count). The quantitative estimate of drug-likeness (QED) is 0.352. The lowest BCUT2D eigenvalue weighted by Crippen LogP contribution is -2.36. The van der Waals surface area contributed by atoms with Gasteiger partial charge in [0.1, 0.15) is 11.6 Å². The monoisotopic (exact) mass is 520 g/mol. The molecule has 8 heteroatoms. The summed E-state index contributed by atoms with van der Waals surface area (Å²) in [6.07, 6.45) is 13.0. The molecule has 1 fully saturated rings. The maximum atomic E-state index is 13.5. The van der Waals surface area contributed by atoms with Crippen molar-refractivity contribution in [3.05, 3.63) is 114 Å². The standard InChI is InChI=1S/C31H25FN4O3/c1-33-30(38)27-23-17-24(35-18-25(23)39-28(27)19-9-11-22(32)12-10-19)20-6-2-3-7-21(16-20)29(37)36-31(13-14-31)26-8-4-5-15-34-26/h2-6,8-12,15-18H,7,13-14H2,1H3,(H,33,38)(H,36,37). The third-order valence-corrected chi connectivity index (χ3v) is 7.06. The summed E-state index contributed by atoms with van der Waals surface area (Å²) in [5, 5.41) is 6.43. The second kappa shape index (κ2) is 9.79. The molecular formula is C31H25FN4O3. The molecule has 0 radical (unpaired) electrons. The molecule has 0 bridgehead atoms. The third kappa shape index (κ3) is 4.65. The van der Waals surface area contributed by atoms with E-state index in [4.69, 9.17) is 4.42 Å². The van der Waals surface area contributed by atoms with Crippen LogP contribution in [0.3, 0.4) is 0 Å². The summed E-state index contributed by atoms with van der Waals surface area (Å²) in [7, 11) is 1.54. The Bertz CT molecular complexity index is 1680. The number of benzene rings is 1. The first-order valence-corrected chi connectivity index (χ1v) is 12.7. The van der Waals surface area contributed by atoms with Gasteiger partial charge in [-0.25, -0.2) is 4.39 Å². The van der Waals surface area contributed by atoms with Crippen molar-refractivity contribution in [2.45, 2.75) is 24.8 Å². The van der Waals surface area contributed by atoms with Crippen molar-refractivity contribution in [3.63, 3.8) is 0 Å². The third-order valence-electron chi connectivity index (χ3n) is 7.06. The van der Waals surface area contributed by atoms with Crippen LogP contribution in [0.5, 0.6) is 0 Å². The molecule has 2 aliphatic rings. The molecule has 1 saturated carbocycles. The van der Waals surface area contributed by atoms with Crippen LogP contribution in [-0.2, 0) is 10.3 Å². The van der Waals surface area contributed by atoms with Gasteiger partial charge in [-0.05, 0) is 67.8 Å². The minimum absolute atomic E-state index is 0.148. The average molecular weight is 521 g/mol. The highest BCUT2D eigenvalue weighted by Crippen LogP contribution is 2.44. The van der Waals surface area contributed by atoms with E-state index in [1.54, 1.807) is 37.6 Å². The number of rotatable bonds is 6. The molecule has 1 aromatic carbocycles. The number of halogens is 1. The Morgan fingerprint density at radius 2 is 1.87 bits per heavy atom. The van der Waals surface area contributed by atoms with Crippen LogP contribution in [0.2, 0.25) is 0 Å². The lowest BCUT2D eigenvalue weighted by Gasteiger charge is -2.18. The van der Waals surface area contributed by atoms with E-state index in [0.717, 1.165) is 24.1 Å². The molecule has 3 aromatic heterocycles. The van der Waals surface area contributed by atoms with Gasteiger partial charge in [-0.1, -0.05) is 24.3 Å². The van der Waals surface area contributed by atoms with Gasteiger partial charge in [0, 0.05) is 35.3 Å². The van der Waals surface area contributed by atoms with Crippen molar-refractivity contribution in [1.82, 2.24) is 20.6 Å². The van der Waals surface area contributed by atoms with E-state index in [-0.39, 0.29) is 17.6 Å². The number of nitrogens with zero attached hydrogens (tertiary/aromatic N) is 2. The number of carbonyl (C=O) groups excluding carboxylic acids is 2. The summed E-state index contributed by atoms with van der Waals surface area (Å²) in [6, 6.07) is 13.3. The second-order valence-electron chi connectivity index (χ2n) is 9.63. The zero-order chi connectivity index (χ0) is 27.0. The highest BCUT2D eigenvalue weighted by Gasteiger charge is 2.47. The summed E-state index contributed by atoms with van der Waals surface area (Å²) < 4.78 is 19.5. The molecule has 4 aromatic rings. The maximum Gasteiger partial charge on any atom is 0.255 e. The summed E-state index contributed by atoms with van der Waals surface area (Å²) >= 11 is 0. The van der Waals surface area contributed by atoms with Crippen molar-refractivity contribution < 1.29 is 18.4 Å². The van der Waals surface area contributed by atoms with Gasteiger partial charge in [0.15, 0.2) is 5.58 Å². The van der Waals surface area contributed by atoms with Crippen molar-refractivity contribution in [2.75, 3.05) is 7.05 Å². The van der Waals surface area contributed by atoms with Crippen molar-refractivity contribution in [2.24, 2.45) is 0 Å².